The number of H-pyrrole nitrogens is 1. The molecule has 25 heavy (non-hydrogen) atoms. The van der Waals surface area contributed by atoms with E-state index in [0.717, 1.165) is 12.1 Å². The van der Waals surface area contributed by atoms with Crippen LogP contribution in [0.2, 0.25) is 0 Å². The lowest BCUT2D eigenvalue weighted by Crippen LogP contribution is -2.59. The summed E-state index contributed by atoms with van der Waals surface area (Å²) in [6.45, 7) is 4.32. The summed E-state index contributed by atoms with van der Waals surface area (Å²) in [7, 11) is 0. The summed E-state index contributed by atoms with van der Waals surface area (Å²) in [4.78, 5) is 18.9. The fourth-order valence-corrected chi connectivity index (χ4v) is 3.28. The molecular weight excluding hydrogens is 322 g/mol. The molecule has 8 heteroatoms. The molecule has 2 aliphatic rings. The fraction of sp³-hybridized carbons (Fsp3) is 0.471. The van der Waals surface area contributed by atoms with E-state index in [1.807, 2.05) is 29.2 Å². The van der Waals surface area contributed by atoms with Crippen molar-refractivity contribution in [1.29, 1.82) is 0 Å². The number of nitrogens with zero attached hydrogens (tertiary/aromatic N) is 3. The van der Waals surface area contributed by atoms with Gasteiger partial charge in [-0.05, 0) is 12.1 Å². The minimum Gasteiger partial charge on any atom is -0.377 e. The Morgan fingerprint density at radius 1 is 1.24 bits per heavy atom. The number of morpholine rings is 1. The topological polar surface area (TPSA) is 92.4 Å². The van der Waals surface area contributed by atoms with Gasteiger partial charge in [0.1, 0.15) is 11.9 Å². The van der Waals surface area contributed by atoms with Crippen LogP contribution in [0, 0.1) is 0 Å². The molecule has 8 nitrogen and oxygen atoms in total. The molecule has 0 unspecified atom stereocenters. The predicted octanol–water partition coefficient (Wildman–Crippen LogP) is 0.303. The summed E-state index contributed by atoms with van der Waals surface area (Å²) in [5.74, 6) is 0.696. The Hall–Kier alpha value is -2.29. The summed E-state index contributed by atoms with van der Waals surface area (Å²) in [6, 6.07) is 7.40. The molecule has 4 rings (SSSR count). The Labute approximate surface area is 145 Å². The van der Waals surface area contributed by atoms with Crippen LogP contribution in [-0.4, -0.2) is 77.6 Å². The third-order valence-corrected chi connectivity index (χ3v) is 4.59. The molecule has 1 amide bonds. The maximum Gasteiger partial charge on any atom is 0.254 e. The monoisotopic (exact) mass is 343 g/mol. The van der Waals surface area contributed by atoms with E-state index in [1.165, 1.54) is 6.33 Å². The van der Waals surface area contributed by atoms with Crippen LogP contribution in [0.3, 0.4) is 0 Å². The number of nitrogens with one attached hydrogen (secondary N) is 2. The van der Waals surface area contributed by atoms with Crippen LogP contribution < -0.4 is 5.32 Å². The van der Waals surface area contributed by atoms with Gasteiger partial charge in [-0.1, -0.05) is 12.1 Å². The van der Waals surface area contributed by atoms with Crippen molar-refractivity contribution in [2.75, 3.05) is 46.0 Å². The summed E-state index contributed by atoms with van der Waals surface area (Å²) in [5.41, 5.74) is 1.10. The van der Waals surface area contributed by atoms with Gasteiger partial charge in [-0.25, -0.2) is 4.98 Å². The Balaban J connectivity index is 1.48. The van der Waals surface area contributed by atoms with Gasteiger partial charge < -0.3 is 19.7 Å². The molecule has 1 aromatic carbocycles. The highest BCUT2D eigenvalue weighted by Gasteiger charge is 2.39. The normalized spacial score (nSPS) is 24.2. The summed E-state index contributed by atoms with van der Waals surface area (Å²) in [5, 5.41) is 9.98. The van der Waals surface area contributed by atoms with Gasteiger partial charge in [0.05, 0.1) is 26.4 Å². The minimum absolute atomic E-state index is 0.0102. The van der Waals surface area contributed by atoms with Crippen molar-refractivity contribution in [1.82, 2.24) is 25.4 Å². The molecule has 2 saturated heterocycles. The Morgan fingerprint density at radius 2 is 2.12 bits per heavy atom. The molecule has 1 spiro atoms. The molecular formula is C17H21N5O3. The maximum atomic E-state index is 12.9. The van der Waals surface area contributed by atoms with E-state index in [-0.39, 0.29) is 5.91 Å². The average Bonchev–Trinajstić information content (AvgIpc) is 3.11. The Bertz CT molecular complexity index is 708. The molecule has 2 aromatic rings. The molecule has 0 aliphatic carbocycles. The molecule has 1 atom stereocenters. The van der Waals surface area contributed by atoms with Crippen LogP contribution in [0.5, 0.6) is 0 Å². The third-order valence-electron chi connectivity index (χ3n) is 4.59. The van der Waals surface area contributed by atoms with Crippen LogP contribution in [0.15, 0.2) is 30.6 Å². The number of ether oxygens (including phenoxy) is 2. The fourth-order valence-electron chi connectivity index (χ4n) is 3.28. The Kier molecular flexibility index (Phi) is 4.48. The zero-order valence-corrected chi connectivity index (χ0v) is 13.9. The van der Waals surface area contributed by atoms with Gasteiger partial charge >= 0.3 is 0 Å². The van der Waals surface area contributed by atoms with Gasteiger partial charge in [-0.15, -0.1) is 0 Å². The third kappa shape index (κ3) is 3.41. The van der Waals surface area contributed by atoms with Crippen LogP contribution in [0.4, 0.5) is 0 Å². The maximum absolute atomic E-state index is 12.9. The summed E-state index contributed by atoms with van der Waals surface area (Å²) in [6.07, 6.45) is 1.46. The number of hydrogen-bond acceptors (Lipinski definition) is 6. The number of aromatic nitrogens is 3. The van der Waals surface area contributed by atoms with Crippen LogP contribution >= 0.6 is 0 Å². The Morgan fingerprint density at radius 3 is 2.92 bits per heavy atom. The molecule has 0 radical (unpaired) electrons. The first-order valence-electron chi connectivity index (χ1n) is 8.43. The molecule has 3 heterocycles. The van der Waals surface area contributed by atoms with Gasteiger partial charge in [-0.3, -0.25) is 9.89 Å². The van der Waals surface area contributed by atoms with Gasteiger partial charge in [-0.2, -0.15) is 5.10 Å². The summed E-state index contributed by atoms with van der Waals surface area (Å²) < 4.78 is 11.6. The first kappa shape index (κ1) is 16.2. The lowest BCUT2D eigenvalue weighted by Gasteiger charge is -2.41. The van der Waals surface area contributed by atoms with Crippen molar-refractivity contribution in [3.63, 3.8) is 0 Å². The van der Waals surface area contributed by atoms with Crippen molar-refractivity contribution in [3.05, 3.63) is 36.2 Å². The highest BCUT2D eigenvalue weighted by atomic mass is 16.5. The number of aromatic amines is 1. The average molecular weight is 343 g/mol. The van der Waals surface area contributed by atoms with Crippen LogP contribution in [-0.2, 0) is 9.47 Å². The van der Waals surface area contributed by atoms with E-state index in [0.29, 0.717) is 50.8 Å². The van der Waals surface area contributed by atoms with Gasteiger partial charge in [0, 0.05) is 30.8 Å². The van der Waals surface area contributed by atoms with E-state index in [4.69, 9.17) is 9.47 Å². The van der Waals surface area contributed by atoms with Crippen molar-refractivity contribution in [2.24, 2.45) is 0 Å². The molecule has 2 aliphatic heterocycles. The molecule has 1 aromatic heterocycles. The zero-order chi connectivity index (χ0) is 17.1. The number of rotatable bonds is 2. The molecule has 2 fully saturated rings. The molecule has 132 valence electrons. The lowest BCUT2D eigenvalue weighted by molar-refractivity contribution is -0.125. The number of benzene rings is 1. The highest BCUT2D eigenvalue weighted by molar-refractivity contribution is 5.94. The van der Waals surface area contributed by atoms with Crippen molar-refractivity contribution >= 4 is 5.91 Å². The number of carbonyl (C=O) groups is 1. The van der Waals surface area contributed by atoms with Crippen LogP contribution in [0.25, 0.3) is 11.4 Å². The standard InChI is InChI=1S/C17H21N5O3/c23-16(14-3-1-13(2-4-14)15-19-12-20-21-15)22-6-8-25-17(10-22)9-18-5-7-24-11-17/h1-4,12,18H,5-11H2,(H,19,20,21)/t17-/m0/s1. The SMILES string of the molecule is O=C(c1ccc(-c2ncn[nH]2)cc1)N1CCO[C@@]2(CNCCOC2)C1. The molecule has 0 saturated carbocycles. The van der Waals surface area contributed by atoms with E-state index in [2.05, 4.69) is 20.5 Å². The second-order valence-corrected chi connectivity index (χ2v) is 6.40. The van der Waals surface area contributed by atoms with Gasteiger partial charge in [0.25, 0.3) is 5.91 Å². The van der Waals surface area contributed by atoms with E-state index in [1.54, 1.807) is 0 Å². The first-order valence-corrected chi connectivity index (χ1v) is 8.43. The number of amides is 1. The van der Waals surface area contributed by atoms with E-state index < -0.39 is 5.60 Å². The quantitative estimate of drug-likeness (QED) is 0.815. The predicted molar refractivity (Wildman–Crippen MR) is 90.1 cm³/mol. The van der Waals surface area contributed by atoms with Gasteiger partial charge in [0.2, 0.25) is 0 Å². The smallest absolute Gasteiger partial charge is 0.254 e. The summed E-state index contributed by atoms with van der Waals surface area (Å²) >= 11 is 0. The highest BCUT2D eigenvalue weighted by Crippen LogP contribution is 2.22. The van der Waals surface area contributed by atoms with E-state index >= 15 is 0 Å². The second-order valence-electron chi connectivity index (χ2n) is 6.40. The van der Waals surface area contributed by atoms with Gasteiger partial charge in [0.15, 0.2) is 5.82 Å². The van der Waals surface area contributed by atoms with Crippen molar-refractivity contribution in [2.45, 2.75) is 5.60 Å². The van der Waals surface area contributed by atoms with Crippen LogP contribution in [0.1, 0.15) is 10.4 Å². The molecule has 0 bridgehead atoms. The number of hydrogen-bond donors (Lipinski definition) is 2. The first-order chi connectivity index (χ1) is 12.3. The zero-order valence-electron chi connectivity index (χ0n) is 13.9. The minimum atomic E-state index is -0.454. The number of carbonyl (C=O) groups excluding carboxylic acids is 1. The second kappa shape index (κ2) is 6.91. The largest absolute Gasteiger partial charge is 0.377 e. The van der Waals surface area contributed by atoms with Crippen molar-refractivity contribution in [3.8, 4) is 11.4 Å². The van der Waals surface area contributed by atoms with Crippen molar-refractivity contribution < 1.29 is 14.3 Å². The molecule has 2 N–H and O–H groups in total. The lowest BCUT2D eigenvalue weighted by atomic mass is 10.0. The van der Waals surface area contributed by atoms with E-state index in [9.17, 15) is 4.79 Å².